The van der Waals surface area contributed by atoms with Gasteiger partial charge >= 0.3 is 0 Å². The van der Waals surface area contributed by atoms with Gasteiger partial charge in [0.05, 0.1) is 5.69 Å². The third-order valence-corrected chi connectivity index (χ3v) is 5.62. The second-order valence-corrected chi connectivity index (χ2v) is 7.66. The molecule has 2 aromatic heterocycles. The summed E-state index contributed by atoms with van der Waals surface area (Å²) >= 11 is 0. The van der Waals surface area contributed by atoms with Gasteiger partial charge in [-0.25, -0.2) is 9.82 Å². The van der Waals surface area contributed by atoms with Gasteiger partial charge in [-0.1, -0.05) is 6.58 Å². The maximum atomic E-state index is 13.7. The molecule has 0 aliphatic carbocycles. The second-order valence-electron chi connectivity index (χ2n) is 7.66. The van der Waals surface area contributed by atoms with Gasteiger partial charge in [0.15, 0.2) is 0 Å². The quantitative estimate of drug-likeness (QED) is 0.322. The van der Waals surface area contributed by atoms with Crippen molar-refractivity contribution in [1.82, 2.24) is 25.6 Å². The molecule has 0 radical (unpaired) electrons. The van der Waals surface area contributed by atoms with E-state index in [9.17, 15) is 4.39 Å². The molecule has 3 aromatic rings. The van der Waals surface area contributed by atoms with Gasteiger partial charge in [-0.15, -0.1) is 0 Å². The van der Waals surface area contributed by atoms with Gasteiger partial charge in [0.25, 0.3) is 0 Å². The number of rotatable bonds is 6. The van der Waals surface area contributed by atoms with E-state index in [4.69, 9.17) is 0 Å². The fraction of sp³-hybridized carbons (Fsp3) is 0.364. The van der Waals surface area contributed by atoms with Gasteiger partial charge in [0, 0.05) is 72.1 Å². The molecule has 1 aromatic carbocycles. The summed E-state index contributed by atoms with van der Waals surface area (Å²) in [7, 11) is 0. The van der Waals surface area contributed by atoms with Crippen LogP contribution in [0.1, 0.15) is 17.0 Å². The first-order valence-corrected chi connectivity index (χ1v) is 10.1. The van der Waals surface area contributed by atoms with E-state index in [0.717, 1.165) is 83.4 Å². The molecule has 0 unspecified atom stereocenters. The molecule has 3 heterocycles. The van der Waals surface area contributed by atoms with E-state index in [0.29, 0.717) is 0 Å². The van der Waals surface area contributed by atoms with Crippen LogP contribution in [0.2, 0.25) is 0 Å². The molecule has 0 saturated carbocycles. The van der Waals surface area contributed by atoms with Crippen molar-refractivity contribution in [2.24, 2.45) is 0 Å². The highest BCUT2D eigenvalue weighted by atomic mass is 19.1. The highest BCUT2D eigenvalue weighted by Crippen LogP contribution is 2.23. The Hall–Kier alpha value is -2.61. The van der Waals surface area contributed by atoms with Crippen LogP contribution in [-0.4, -0.2) is 54.1 Å². The van der Waals surface area contributed by atoms with Gasteiger partial charge in [-0.3, -0.25) is 4.90 Å². The minimum atomic E-state index is -0.249. The van der Waals surface area contributed by atoms with Crippen LogP contribution in [0.25, 0.3) is 23.6 Å². The Morgan fingerprint density at radius 1 is 1.21 bits per heavy atom. The van der Waals surface area contributed by atoms with E-state index in [1.54, 1.807) is 12.1 Å². The van der Waals surface area contributed by atoms with Crippen LogP contribution in [0.5, 0.6) is 0 Å². The highest BCUT2D eigenvalue weighted by Gasteiger charge is 2.12. The third kappa shape index (κ3) is 4.22. The lowest BCUT2D eigenvalue weighted by atomic mass is 10.1. The van der Waals surface area contributed by atoms with Crippen molar-refractivity contribution in [3.05, 3.63) is 51.5 Å². The number of aromatic amines is 2. The van der Waals surface area contributed by atoms with Crippen molar-refractivity contribution in [2.75, 3.05) is 44.7 Å². The fourth-order valence-corrected chi connectivity index (χ4v) is 3.96. The van der Waals surface area contributed by atoms with E-state index in [-0.39, 0.29) is 5.82 Å². The fourth-order valence-electron chi connectivity index (χ4n) is 3.96. The van der Waals surface area contributed by atoms with Crippen molar-refractivity contribution in [1.29, 1.82) is 0 Å². The number of nitrogens with zero attached hydrogens (tertiary/aromatic N) is 1. The molecular formula is C22H29FN6. The number of H-pyrrole nitrogens is 2. The standard InChI is InChI=1S/C22H29FN6/c1-14-21(13-18-15(2)26-20-5-4-17(23)12-19(18)20)27-16(3)22(14)28-25-8-11-29-9-6-24-7-10-29/h4-5,12-13,24-28H,2,6-11H2,1,3H3/b18-13+. The van der Waals surface area contributed by atoms with Crippen LogP contribution >= 0.6 is 0 Å². The molecule has 0 bridgehead atoms. The summed E-state index contributed by atoms with van der Waals surface area (Å²) < 4.78 is 13.7. The first-order valence-electron chi connectivity index (χ1n) is 10.1. The number of benzene rings is 1. The molecular weight excluding hydrogens is 367 g/mol. The summed E-state index contributed by atoms with van der Waals surface area (Å²) in [5.41, 5.74) is 11.8. The first-order chi connectivity index (χ1) is 14.0. The normalized spacial score (nSPS) is 16.0. The molecule has 29 heavy (non-hydrogen) atoms. The van der Waals surface area contributed by atoms with Crippen molar-refractivity contribution < 1.29 is 4.39 Å². The third-order valence-electron chi connectivity index (χ3n) is 5.62. The zero-order chi connectivity index (χ0) is 20.4. The van der Waals surface area contributed by atoms with E-state index in [1.165, 1.54) is 6.07 Å². The molecule has 7 heteroatoms. The SMILES string of the molecule is C=c1[nH]c2ccc(F)cc2/c1=C/c1[nH]c(C)c(NNCCN2CCNCC2)c1C. The van der Waals surface area contributed by atoms with Gasteiger partial charge in [0.1, 0.15) is 5.82 Å². The topological polar surface area (TPSA) is 70.9 Å². The van der Waals surface area contributed by atoms with E-state index in [1.807, 2.05) is 13.0 Å². The molecule has 1 aliphatic heterocycles. The number of anilines is 1. The Bertz CT molecular complexity index is 1110. The summed E-state index contributed by atoms with van der Waals surface area (Å²) in [4.78, 5) is 9.12. The Balaban J connectivity index is 1.52. The highest BCUT2D eigenvalue weighted by molar-refractivity contribution is 5.82. The number of nitrogens with one attached hydrogen (secondary N) is 5. The zero-order valence-electron chi connectivity index (χ0n) is 17.1. The molecule has 0 amide bonds. The molecule has 4 rings (SSSR count). The van der Waals surface area contributed by atoms with E-state index in [2.05, 4.69) is 44.5 Å². The smallest absolute Gasteiger partial charge is 0.123 e. The van der Waals surface area contributed by atoms with Gasteiger partial charge in [-0.05, 0) is 43.7 Å². The van der Waals surface area contributed by atoms with Gasteiger partial charge in [0.2, 0.25) is 0 Å². The molecule has 1 aliphatic rings. The largest absolute Gasteiger partial charge is 0.357 e. The lowest BCUT2D eigenvalue weighted by Crippen LogP contribution is -2.46. The lowest BCUT2D eigenvalue weighted by Gasteiger charge is -2.27. The molecule has 6 nitrogen and oxygen atoms in total. The Morgan fingerprint density at radius 2 is 2.00 bits per heavy atom. The maximum Gasteiger partial charge on any atom is 0.123 e. The predicted molar refractivity (Wildman–Crippen MR) is 118 cm³/mol. The minimum Gasteiger partial charge on any atom is -0.357 e. The average molecular weight is 397 g/mol. The first kappa shape index (κ1) is 19.7. The summed E-state index contributed by atoms with van der Waals surface area (Å²) in [6.45, 7) is 14.4. The molecule has 0 spiro atoms. The number of halogens is 1. The molecule has 1 saturated heterocycles. The number of piperazine rings is 1. The number of hydrogen-bond acceptors (Lipinski definition) is 4. The number of aryl methyl sites for hydroxylation is 1. The monoisotopic (exact) mass is 396 g/mol. The van der Waals surface area contributed by atoms with Crippen LogP contribution in [0.4, 0.5) is 10.1 Å². The Morgan fingerprint density at radius 3 is 2.79 bits per heavy atom. The van der Waals surface area contributed by atoms with Crippen molar-refractivity contribution >= 4 is 29.2 Å². The maximum absolute atomic E-state index is 13.7. The van der Waals surface area contributed by atoms with E-state index < -0.39 is 0 Å². The molecule has 154 valence electrons. The molecule has 5 N–H and O–H groups in total. The lowest BCUT2D eigenvalue weighted by molar-refractivity contribution is 0.243. The number of hydrazine groups is 1. The number of fused-ring (bicyclic) bond motifs is 1. The van der Waals surface area contributed by atoms with E-state index >= 15 is 0 Å². The summed E-state index contributed by atoms with van der Waals surface area (Å²) in [6, 6.07) is 4.76. The Labute approximate surface area is 169 Å². The van der Waals surface area contributed by atoms with Crippen molar-refractivity contribution in [3.8, 4) is 0 Å². The molecule has 0 atom stereocenters. The average Bonchev–Trinajstić information content (AvgIpc) is 3.16. The van der Waals surface area contributed by atoms with Crippen LogP contribution < -0.4 is 26.7 Å². The van der Waals surface area contributed by atoms with Crippen LogP contribution in [0.15, 0.2) is 18.2 Å². The Kier molecular flexibility index (Phi) is 5.71. The second kappa shape index (κ2) is 8.41. The van der Waals surface area contributed by atoms with Gasteiger partial charge in [-0.2, -0.15) is 0 Å². The minimum absolute atomic E-state index is 0.249. The van der Waals surface area contributed by atoms with Crippen molar-refractivity contribution in [3.63, 3.8) is 0 Å². The van der Waals surface area contributed by atoms with Gasteiger partial charge < -0.3 is 20.7 Å². The van der Waals surface area contributed by atoms with Crippen LogP contribution in [0, 0.1) is 19.7 Å². The molecule has 1 fully saturated rings. The van der Waals surface area contributed by atoms with Crippen LogP contribution in [-0.2, 0) is 0 Å². The predicted octanol–water partition coefficient (Wildman–Crippen LogP) is 1.31. The summed E-state index contributed by atoms with van der Waals surface area (Å²) in [5.74, 6) is -0.249. The van der Waals surface area contributed by atoms with Crippen molar-refractivity contribution in [2.45, 2.75) is 13.8 Å². The summed E-state index contributed by atoms with van der Waals surface area (Å²) in [6.07, 6.45) is 2.04. The van der Waals surface area contributed by atoms with Crippen LogP contribution in [0.3, 0.4) is 0 Å². The zero-order valence-corrected chi connectivity index (χ0v) is 17.1. The number of aromatic nitrogens is 2. The number of hydrogen-bond donors (Lipinski definition) is 5. The summed E-state index contributed by atoms with van der Waals surface area (Å²) in [5, 5.41) is 5.89.